The van der Waals surface area contributed by atoms with E-state index in [2.05, 4.69) is 10.6 Å². The first kappa shape index (κ1) is 23.7. The molecule has 1 heterocycles. The van der Waals surface area contributed by atoms with Crippen molar-refractivity contribution < 1.29 is 19.2 Å². The predicted molar refractivity (Wildman–Crippen MR) is 138 cm³/mol. The van der Waals surface area contributed by atoms with Crippen LogP contribution in [-0.2, 0) is 4.79 Å². The molecule has 0 bridgehead atoms. The van der Waals surface area contributed by atoms with Crippen LogP contribution in [0.25, 0.3) is 0 Å². The van der Waals surface area contributed by atoms with Crippen molar-refractivity contribution in [2.45, 2.75) is 24.8 Å². The zero-order valence-electron chi connectivity index (χ0n) is 19.7. The van der Waals surface area contributed by atoms with E-state index in [0.29, 0.717) is 34.1 Å². The smallest absolute Gasteiger partial charge is 0.269 e. The molecule has 3 aromatic rings. The number of nitro groups is 1. The zero-order valence-corrected chi connectivity index (χ0v) is 20.5. The van der Waals surface area contributed by atoms with Gasteiger partial charge in [0.05, 0.1) is 36.6 Å². The number of Topliss-reactive ketones (excluding diaryl/α,β-unsaturated/α-hetero) is 1. The Morgan fingerprint density at radius 2 is 1.72 bits per heavy atom. The van der Waals surface area contributed by atoms with E-state index >= 15 is 0 Å². The average Bonchev–Trinajstić information content (AvgIpc) is 3.05. The Bertz CT molecular complexity index is 1400. The number of nitrogens with zero attached hydrogens (tertiary/aromatic N) is 1. The number of fused-ring (bicyclic) bond motifs is 1. The molecule has 0 saturated heterocycles. The molecule has 2 N–H and O–H groups in total. The molecule has 8 nitrogen and oxygen atoms in total. The van der Waals surface area contributed by atoms with E-state index in [0.717, 1.165) is 22.6 Å². The molecule has 9 heteroatoms. The molecule has 1 aliphatic carbocycles. The van der Waals surface area contributed by atoms with E-state index in [1.54, 1.807) is 14.2 Å². The Hall–Kier alpha value is -4.04. The molecule has 184 valence electrons. The lowest BCUT2D eigenvalue weighted by Gasteiger charge is -2.30. The normalized spacial score (nSPS) is 18.8. The number of non-ortho nitro benzene ring substituents is 1. The van der Waals surface area contributed by atoms with Gasteiger partial charge in [-0.2, -0.15) is 0 Å². The summed E-state index contributed by atoms with van der Waals surface area (Å²) in [5.74, 6) is 1.07. The maximum Gasteiger partial charge on any atom is 0.269 e. The summed E-state index contributed by atoms with van der Waals surface area (Å²) in [6.45, 7) is 0. The molecule has 2 unspecified atom stereocenters. The Labute approximate surface area is 213 Å². The van der Waals surface area contributed by atoms with Crippen LogP contribution < -0.4 is 20.1 Å². The number of ether oxygens (including phenoxy) is 2. The number of hydrogen-bond donors (Lipinski definition) is 2. The highest BCUT2D eigenvalue weighted by Crippen LogP contribution is 2.46. The molecule has 0 spiro atoms. The number of anilines is 2. The van der Waals surface area contributed by atoms with Crippen molar-refractivity contribution in [3.63, 3.8) is 0 Å². The third-order valence-electron chi connectivity index (χ3n) is 6.69. The van der Waals surface area contributed by atoms with E-state index in [1.807, 2.05) is 42.5 Å². The Balaban J connectivity index is 1.62. The molecule has 2 atom stereocenters. The maximum absolute atomic E-state index is 13.7. The van der Waals surface area contributed by atoms with Gasteiger partial charge in [0.2, 0.25) is 0 Å². The van der Waals surface area contributed by atoms with Gasteiger partial charge in [-0.1, -0.05) is 29.8 Å². The van der Waals surface area contributed by atoms with E-state index in [1.165, 1.54) is 18.2 Å². The number of ketones is 1. The second-order valence-corrected chi connectivity index (χ2v) is 9.15. The number of nitrogens with one attached hydrogen (secondary N) is 2. The number of carbonyl (C=O) groups excluding carboxylic acids is 1. The summed E-state index contributed by atoms with van der Waals surface area (Å²) in [5.41, 5.74) is 4.24. The molecule has 1 aliphatic heterocycles. The SMILES string of the molecule is COc1ccc(C2CC(=O)C3=C(C2)Nc2ccccc2NC3c2cc([N+](=O)[O-])ccc2Cl)cc1OC. The van der Waals surface area contributed by atoms with Crippen LogP contribution in [-0.4, -0.2) is 24.9 Å². The van der Waals surface area contributed by atoms with E-state index in [9.17, 15) is 14.9 Å². The zero-order chi connectivity index (χ0) is 25.4. The minimum absolute atomic E-state index is 0.0589. The first-order chi connectivity index (χ1) is 17.4. The fourth-order valence-electron chi connectivity index (χ4n) is 4.93. The molecule has 3 aromatic carbocycles. The molecule has 0 amide bonds. The molecule has 0 aromatic heterocycles. The Morgan fingerprint density at radius 3 is 2.44 bits per heavy atom. The lowest BCUT2D eigenvalue weighted by Crippen LogP contribution is -2.27. The lowest BCUT2D eigenvalue weighted by molar-refractivity contribution is -0.384. The Kier molecular flexibility index (Phi) is 6.28. The fraction of sp³-hybridized carbons (Fsp3) is 0.222. The second-order valence-electron chi connectivity index (χ2n) is 8.75. The van der Waals surface area contributed by atoms with Crippen LogP contribution in [0.15, 0.2) is 71.9 Å². The van der Waals surface area contributed by atoms with Gasteiger partial charge in [-0.05, 0) is 48.2 Å². The van der Waals surface area contributed by atoms with Gasteiger partial charge in [-0.25, -0.2) is 0 Å². The van der Waals surface area contributed by atoms with E-state index in [4.69, 9.17) is 21.1 Å². The standard InChI is InChI=1S/C27H24ClN3O5/c1-35-24-10-7-15(13-25(24)36-2)16-11-22-26(23(32)12-16)27(30-21-6-4-3-5-20(21)29-22)18-14-17(31(33)34)8-9-19(18)28/h3-10,13-14,16,27,29-30H,11-12H2,1-2H3. The molecule has 36 heavy (non-hydrogen) atoms. The number of allylic oxidation sites excluding steroid dienone is 1. The van der Waals surface area contributed by atoms with Crippen LogP contribution in [0, 0.1) is 10.1 Å². The minimum Gasteiger partial charge on any atom is -0.493 e. The summed E-state index contributed by atoms with van der Waals surface area (Å²) in [6, 6.07) is 17.0. The minimum atomic E-state index is -0.651. The number of carbonyl (C=O) groups is 1. The van der Waals surface area contributed by atoms with Crippen LogP contribution >= 0.6 is 11.6 Å². The average molecular weight is 506 g/mol. The van der Waals surface area contributed by atoms with Crippen LogP contribution in [0.5, 0.6) is 11.5 Å². The van der Waals surface area contributed by atoms with E-state index in [-0.39, 0.29) is 23.8 Å². The molecular formula is C27H24ClN3O5. The Morgan fingerprint density at radius 1 is 0.972 bits per heavy atom. The maximum atomic E-state index is 13.7. The molecule has 0 fully saturated rings. The largest absolute Gasteiger partial charge is 0.493 e. The van der Waals surface area contributed by atoms with Gasteiger partial charge < -0.3 is 20.1 Å². The first-order valence-corrected chi connectivity index (χ1v) is 11.8. The summed E-state index contributed by atoms with van der Waals surface area (Å²) in [4.78, 5) is 24.8. The van der Waals surface area contributed by atoms with Crippen molar-refractivity contribution >= 4 is 34.4 Å². The van der Waals surface area contributed by atoms with Gasteiger partial charge in [-0.15, -0.1) is 0 Å². The number of para-hydroxylation sites is 2. The monoisotopic (exact) mass is 505 g/mol. The van der Waals surface area contributed by atoms with Crippen molar-refractivity contribution in [2.24, 2.45) is 0 Å². The topological polar surface area (TPSA) is 103 Å². The van der Waals surface area contributed by atoms with Crippen LogP contribution in [0.3, 0.4) is 0 Å². The van der Waals surface area contributed by atoms with Gasteiger partial charge in [0.15, 0.2) is 17.3 Å². The third-order valence-corrected chi connectivity index (χ3v) is 7.03. The van der Waals surface area contributed by atoms with Crippen molar-refractivity contribution in [1.29, 1.82) is 0 Å². The predicted octanol–water partition coefficient (Wildman–Crippen LogP) is 6.24. The number of halogens is 1. The number of rotatable bonds is 5. The number of methoxy groups -OCH3 is 2. The van der Waals surface area contributed by atoms with Gasteiger partial charge in [0.25, 0.3) is 5.69 Å². The van der Waals surface area contributed by atoms with E-state index < -0.39 is 11.0 Å². The van der Waals surface area contributed by atoms with Crippen LogP contribution in [0.1, 0.15) is 35.9 Å². The molecule has 0 saturated carbocycles. The number of nitro benzene ring substituents is 1. The van der Waals surface area contributed by atoms with Crippen LogP contribution in [0.4, 0.5) is 17.1 Å². The quantitative estimate of drug-likeness (QED) is 0.312. The molecule has 2 aliphatic rings. The highest BCUT2D eigenvalue weighted by atomic mass is 35.5. The summed E-state index contributed by atoms with van der Waals surface area (Å²) in [5, 5.41) is 18.7. The van der Waals surface area contributed by atoms with Crippen molar-refractivity contribution in [1.82, 2.24) is 0 Å². The van der Waals surface area contributed by atoms with Gasteiger partial charge in [0.1, 0.15) is 0 Å². The van der Waals surface area contributed by atoms with Gasteiger partial charge in [-0.3, -0.25) is 14.9 Å². The first-order valence-electron chi connectivity index (χ1n) is 11.4. The highest BCUT2D eigenvalue weighted by Gasteiger charge is 2.37. The summed E-state index contributed by atoms with van der Waals surface area (Å²) < 4.78 is 10.8. The van der Waals surface area contributed by atoms with Crippen molar-refractivity contribution in [3.8, 4) is 11.5 Å². The summed E-state index contributed by atoms with van der Waals surface area (Å²) >= 11 is 6.54. The summed E-state index contributed by atoms with van der Waals surface area (Å²) in [7, 11) is 3.16. The van der Waals surface area contributed by atoms with Crippen molar-refractivity contribution in [2.75, 3.05) is 24.9 Å². The third kappa shape index (κ3) is 4.24. The number of benzene rings is 3. The van der Waals surface area contributed by atoms with Crippen molar-refractivity contribution in [3.05, 3.63) is 98.2 Å². The second kappa shape index (κ2) is 9.54. The lowest BCUT2D eigenvalue weighted by atomic mass is 9.78. The molecule has 5 rings (SSSR count). The van der Waals surface area contributed by atoms with Crippen LogP contribution in [0.2, 0.25) is 5.02 Å². The molecular weight excluding hydrogens is 482 g/mol. The van der Waals surface area contributed by atoms with Gasteiger partial charge >= 0.3 is 0 Å². The highest BCUT2D eigenvalue weighted by molar-refractivity contribution is 6.31. The summed E-state index contributed by atoms with van der Waals surface area (Å²) in [6.07, 6.45) is 0.840. The number of hydrogen-bond acceptors (Lipinski definition) is 7. The molecule has 0 radical (unpaired) electrons. The van der Waals surface area contributed by atoms with Gasteiger partial charge in [0, 0.05) is 40.4 Å². The fourth-order valence-corrected chi connectivity index (χ4v) is 5.16.